The minimum Gasteiger partial charge on any atom is -0.464 e. The van der Waals surface area contributed by atoms with Crippen LogP contribution in [0.3, 0.4) is 0 Å². The minimum absolute atomic E-state index is 0.139. The lowest BCUT2D eigenvalue weighted by Crippen LogP contribution is -2.49. The summed E-state index contributed by atoms with van der Waals surface area (Å²) in [5, 5.41) is 1.67. The van der Waals surface area contributed by atoms with Gasteiger partial charge in [0.25, 0.3) is 0 Å². The molecule has 0 unspecified atom stereocenters. The number of rotatable bonds is 3. The fourth-order valence-corrected chi connectivity index (χ4v) is 3.65. The first-order chi connectivity index (χ1) is 13.0. The highest BCUT2D eigenvalue weighted by atomic mass is 35.5. The van der Waals surface area contributed by atoms with Crippen LogP contribution in [-0.4, -0.2) is 42.0 Å². The molecule has 5 nitrogen and oxygen atoms in total. The molecule has 3 heterocycles. The molecule has 0 radical (unpaired) electrons. The van der Waals surface area contributed by atoms with Gasteiger partial charge in [0.2, 0.25) is 5.91 Å². The van der Waals surface area contributed by atoms with Crippen LogP contribution in [0.15, 0.2) is 41.1 Å². The van der Waals surface area contributed by atoms with E-state index in [0.717, 1.165) is 41.0 Å². The number of aromatic nitrogens is 1. The molecule has 0 N–H and O–H groups in total. The Morgan fingerprint density at radius 3 is 2.63 bits per heavy atom. The van der Waals surface area contributed by atoms with Gasteiger partial charge in [0.05, 0.1) is 17.7 Å². The average Bonchev–Trinajstić information content (AvgIpc) is 3.09. The van der Waals surface area contributed by atoms with Crippen LogP contribution >= 0.6 is 11.6 Å². The number of piperazine rings is 1. The highest BCUT2D eigenvalue weighted by Crippen LogP contribution is 2.27. The normalized spacial score (nSPS) is 14.8. The van der Waals surface area contributed by atoms with E-state index in [1.54, 1.807) is 12.5 Å². The molecule has 1 aliphatic heterocycles. The van der Waals surface area contributed by atoms with Gasteiger partial charge in [-0.1, -0.05) is 23.7 Å². The summed E-state index contributed by atoms with van der Waals surface area (Å²) in [5.74, 6) is 1.04. The van der Waals surface area contributed by atoms with Crippen molar-refractivity contribution in [2.24, 2.45) is 0 Å². The highest BCUT2D eigenvalue weighted by molar-refractivity contribution is 6.30. The maximum Gasteiger partial charge on any atom is 0.227 e. The first kappa shape index (κ1) is 17.9. The van der Waals surface area contributed by atoms with Crippen LogP contribution in [0.4, 0.5) is 5.82 Å². The topological polar surface area (TPSA) is 49.6 Å². The van der Waals surface area contributed by atoms with Gasteiger partial charge in [-0.05, 0) is 37.1 Å². The number of carbonyl (C=O) groups is 1. The molecule has 4 rings (SSSR count). The van der Waals surface area contributed by atoms with E-state index in [2.05, 4.69) is 29.8 Å². The Kier molecular flexibility index (Phi) is 4.79. The van der Waals surface area contributed by atoms with Gasteiger partial charge in [-0.25, -0.2) is 4.98 Å². The Labute approximate surface area is 163 Å². The first-order valence-electron chi connectivity index (χ1n) is 9.13. The summed E-state index contributed by atoms with van der Waals surface area (Å²) < 4.78 is 5.74. The van der Waals surface area contributed by atoms with Gasteiger partial charge in [0.1, 0.15) is 11.4 Å². The smallest absolute Gasteiger partial charge is 0.227 e. The standard InChI is InChI=1S/C21H22ClN3O2/c1-14-3-5-18-16(13-27-21(18)15(14)2)11-20(26)25-9-7-24(8-10-25)19-6-4-17(22)12-23-19/h3-6,12-13H,7-11H2,1-2H3. The van der Waals surface area contributed by atoms with Crippen LogP contribution in [0.5, 0.6) is 0 Å². The number of nitrogens with zero attached hydrogens (tertiary/aromatic N) is 3. The zero-order chi connectivity index (χ0) is 19.0. The molecule has 2 aromatic heterocycles. The third-order valence-electron chi connectivity index (χ3n) is 5.35. The molecule has 0 aliphatic carbocycles. The molecule has 140 valence electrons. The van der Waals surface area contributed by atoms with E-state index in [1.165, 1.54) is 5.56 Å². The highest BCUT2D eigenvalue weighted by Gasteiger charge is 2.23. The number of hydrogen-bond acceptors (Lipinski definition) is 4. The quantitative estimate of drug-likeness (QED) is 0.686. The average molecular weight is 384 g/mol. The monoisotopic (exact) mass is 383 g/mol. The van der Waals surface area contributed by atoms with Crippen LogP contribution in [0.25, 0.3) is 11.0 Å². The van der Waals surface area contributed by atoms with Crippen LogP contribution < -0.4 is 4.90 Å². The van der Waals surface area contributed by atoms with Gasteiger partial charge in [0.15, 0.2) is 0 Å². The Bertz CT molecular complexity index is 973. The summed E-state index contributed by atoms with van der Waals surface area (Å²) >= 11 is 5.90. The lowest BCUT2D eigenvalue weighted by molar-refractivity contribution is -0.130. The number of benzene rings is 1. The van der Waals surface area contributed by atoms with Crippen molar-refractivity contribution in [2.75, 3.05) is 31.1 Å². The zero-order valence-corrected chi connectivity index (χ0v) is 16.3. The summed E-state index contributed by atoms with van der Waals surface area (Å²) in [7, 11) is 0. The van der Waals surface area contributed by atoms with Gasteiger partial charge < -0.3 is 14.2 Å². The van der Waals surface area contributed by atoms with Gasteiger partial charge in [0, 0.05) is 43.3 Å². The number of aryl methyl sites for hydroxylation is 2. The van der Waals surface area contributed by atoms with Gasteiger partial charge in [-0.2, -0.15) is 0 Å². The van der Waals surface area contributed by atoms with Gasteiger partial charge in [-0.15, -0.1) is 0 Å². The molecule has 0 bridgehead atoms. The summed E-state index contributed by atoms with van der Waals surface area (Å²) in [6.07, 6.45) is 3.75. The lowest BCUT2D eigenvalue weighted by Gasteiger charge is -2.35. The summed E-state index contributed by atoms with van der Waals surface area (Å²) in [6.45, 7) is 7.04. The maximum absolute atomic E-state index is 12.8. The van der Waals surface area contributed by atoms with Crippen molar-refractivity contribution in [1.29, 1.82) is 0 Å². The second kappa shape index (κ2) is 7.24. The van der Waals surface area contributed by atoms with E-state index in [9.17, 15) is 4.79 Å². The van der Waals surface area contributed by atoms with Crippen molar-refractivity contribution in [3.05, 3.63) is 58.4 Å². The summed E-state index contributed by atoms with van der Waals surface area (Å²) in [5.41, 5.74) is 4.17. The molecule has 6 heteroatoms. The van der Waals surface area contributed by atoms with Gasteiger partial charge >= 0.3 is 0 Å². The number of amides is 1. The Morgan fingerprint density at radius 2 is 1.93 bits per heavy atom. The summed E-state index contributed by atoms with van der Waals surface area (Å²) in [4.78, 5) is 21.2. The van der Waals surface area contributed by atoms with Crippen LogP contribution in [0.1, 0.15) is 16.7 Å². The number of fused-ring (bicyclic) bond motifs is 1. The predicted molar refractivity (Wildman–Crippen MR) is 107 cm³/mol. The predicted octanol–water partition coefficient (Wildman–Crippen LogP) is 3.99. The molecular formula is C21H22ClN3O2. The third-order valence-corrected chi connectivity index (χ3v) is 5.58. The molecule has 0 atom stereocenters. The van der Waals surface area contributed by atoms with E-state index < -0.39 is 0 Å². The molecule has 1 fully saturated rings. The molecule has 0 spiro atoms. The maximum atomic E-state index is 12.8. The van der Waals surface area contributed by atoms with E-state index in [4.69, 9.17) is 16.0 Å². The van der Waals surface area contributed by atoms with Crippen molar-refractivity contribution < 1.29 is 9.21 Å². The van der Waals surface area contributed by atoms with E-state index in [0.29, 0.717) is 24.5 Å². The van der Waals surface area contributed by atoms with E-state index in [1.807, 2.05) is 23.1 Å². The summed E-state index contributed by atoms with van der Waals surface area (Å²) in [6, 6.07) is 7.89. The second-order valence-corrected chi connectivity index (χ2v) is 7.46. The lowest BCUT2D eigenvalue weighted by atomic mass is 10.0. The van der Waals surface area contributed by atoms with Crippen molar-refractivity contribution in [1.82, 2.24) is 9.88 Å². The molecule has 3 aromatic rings. The van der Waals surface area contributed by atoms with Crippen molar-refractivity contribution >= 4 is 34.3 Å². The fourth-order valence-electron chi connectivity index (χ4n) is 3.54. The molecule has 27 heavy (non-hydrogen) atoms. The number of carbonyl (C=O) groups excluding carboxylic acids is 1. The Balaban J connectivity index is 1.41. The molecule has 1 amide bonds. The molecule has 0 saturated carbocycles. The number of pyridine rings is 1. The van der Waals surface area contributed by atoms with Crippen molar-refractivity contribution in [3.8, 4) is 0 Å². The zero-order valence-electron chi connectivity index (χ0n) is 15.5. The van der Waals surface area contributed by atoms with Crippen molar-refractivity contribution in [3.63, 3.8) is 0 Å². The first-order valence-corrected chi connectivity index (χ1v) is 9.51. The van der Waals surface area contributed by atoms with Crippen LogP contribution in [0.2, 0.25) is 5.02 Å². The Hall–Kier alpha value is -2.53. The fraction of sp³-hybridized carbons (Fsp3) is 0.333. The number of furan rings is 1. The molecule has 1 aromatic carbocycles. The van der Waals surface area contributed by atoms with Crippen molar-refractivity contribution in [2.45, 2.75) is 20.3 Å². The van der Waals surface area contributed by atoms with Gasteiger partial charge in [-0.3, -0.25) is 4.79 Å². The molecular weight excluding hydrogens is 362 g/mol. The van der Waals surface area contributed by atoms with Crippen LogP contribution in [-0.2, 0) is 11.2 Å². The Morgan fingerprint density at radius 1 is 1.15 bits per heavy atom. The number of halogens is 1. The molecule has 1 aliphatic rings. The third kappa shape index (κ3) is 3.52. The van der Waals surface area contributed by atoms with Crippen LogP contribution in [0, 0.1) is 13.8 Å². The molecule has 1 saturated heterocycles. The minimum atomic E-state index is 0.139. The largest absolute Gasteiger partial charge is 0.464 e. The SMILES string of the molecule is Cc1ccc2c(CC(=O)N3CCN(c4ccc(Cl)cn4)CC3)coc2c1C. The number of hydrogen-bond donors (Lipinski definition) is 0. The van der Waals surface area contributed by atoms with E-state index >= 15 is 0 Å². The number of anilines is 1. The second-order valence-electron chi connectivity index (χ2n) is 7.02. The van der Waals surface area contributed by atoms with E-state index in [-0.39, 0.29) is 5.91 Å².